The molecule has 0 radical (unpaired) electrons. The standard InChI is InChI=1S/C23H32N4O4/c1-4-16(12-22(28)29)17-7-8-21(27(5-2)19-9-10-30-15-19)20(11-17)26-18-13-24-23(25-14-18)31-6-3/h7-8,11,13-14,16,19,26H,4-6,9-10,12,15H2,1-3H3,(H,28,29). The van der Waals surface area contributed by atoms with Crippen LogP contribution in [0.1, 0.15) is 51.5 Å². The van der Waals surface area contributed by atoms with Gasteiger partial charge in [0.15, 0.2) is 0 Å². The van der Waals surface area contributed by atoms with Crippen LogP contribution < -0.4 is 15.0 Å². The zero-order valence-corrected chi connectivity index (χ0v) is 18.5. The van der Waals surface area contributed by atoms with Crippen molar-refractivity contribution in [2.75, 3.05) is 36.6 Å². The molecule has 0 amide bonds. The molecule has 1 aliphatic heterocycles. The number of anilines is 3. The lowest BCUT2D eigenvalue weighted by atomic mass is 9.92. The summed E-state index contributed by atoms with van der Waals surface area (Å²) < 4.78 is 10.9. The highest BCUT2D eigenvalue weighted by atomic mass is 16.5. The molecule has 31 heavy (non-hydrogen) atoms. The number of likely N-dealkylation sites (N-methyl/N-ethyl adjacent to an activating group) is 1. The van der Waals surface area contributed by atoms with Gasteiger partial charge in [-0.2, -0.15) is 0 Å². The lowest BCUT2D eigenvalue weighted by Gasteiger charge is -2.31. The average molecular weight is 429 g/mol. The largest absolute Gasteiger partial charge is 0.481 e. The smallest absolute Gasteiger partial charge is 0.316 e. The number of benzene rings is 1. The lowest BCUT2D eigenvalue weighted by Crippen LogP contribution is -2.36. The molecule has 0 saturated carbocycles. The molecule has 2 unspecified atom stereocenters. The van der Waals surface area contributed by atoms with Gasteiger partial charge in [0.2, 0.25) is 0 Å². The van der Waals surface area contributed by atoms with E-state index in [2.05, 4.69) is 39.2 Å². The summed E-state index contributed by atoms with van der Waals surface area (Å²) in [6.07, 6.45) is 5.23. The quantitative estimate of drug-likeness (QED) is 0.550. The van der Waals surface area contributed by atoms with Gasteiger partial charge in [-0.25, -0.2) is 9.97 Å². The Morgan fingerprint density at radius 3 is 2.68 bits per heavy atom. The van der Waals surface area contributed by atoms with Crippen LogP contribution in [0.25, 0.3) is 0 Å². The summed E-state index contributed by atoms with van der Waals surface area (Å²) in [5, 5.41) is 12.8. The zero-order chi connectivity index (χ0) is 22.2. The van der Waals surface area contributed by atoms with E-state index >= 15 is 0 Å². The number of aromatic nitrogens is 2. The third-order valence-electron chi connectivity index (χ3n) is 5.58. The Morgan fingerprint density at radius 2 is 2.10 bits per heavy atom. The number of ether oxygens (including phenoxy) is 2. The van der Waals surface area contributed by atoms with Crippen molar-refractivity contribution in [1.29, 1.82) is 0 Å². The summed E-state index contributed by atoms with van der Waals surface area (Å²) >= 11 is 0. The Morgan fingerprint density at radius 1 is 1.32 bits per heavy atom. The molecular formula is C23H32N4O4. The summed E-state index contributed by atoms with van der Waals surface area (Å²) in [5.41, 5.74) is 3.71. The minimum absolute atomic E-state index is 0.0476. The van der Waals surface area contributed by atoms with Crippen LogP contribution in [0.15, 0.2) is 30.6 Å². The SMILES string of the molecule is CCOc1ncc(Nc2cc(C(CC)CC(=O)O)ccc2N(CC)C2CCOC2)cn1. The molecule has 2 aromatic rings. The Bertz CT molecular complexity index is 853. The van der Waals surface area contributed by atoms with Gasteiger partial charge in [-0.05, 0) is 50.3 Å². The van der Waals surface area contributed by atoms with Crippen LogP contribution in [-0.4, -0.2) is 53.5 Å². The van der Waals surface area contributed by atoms with Crippen LogP contribution in [0.5, 0.6) is 6.01 Å². The lowest BCUT2D eigenvalue weighted by molar-refractivity contribution is -0.137. The first-order valence-corrected chi connectivity index (χ1v) is 11.0. The molecule has 2 atom stereocenters. The Balaban J connectivity index is 1.95. The van der Waals surface area contributed by atoms with Crippen molar-refractivity contribution in [3.63, 3.8) is 0 Å². The number of hydrogen-bond donors (Lipinski definition) is 2. The van der Waals surface area contributed by atoms with Gasteiger partial charge >= 0.3 is 12.0 Å². The van der Waals surface area contributed by atoms with Gasteiger partial charge < -0.3 is 24.8 Å². The maximum Gasteiger partial charge on any atom is 0.316 e. The van der Waals surface area contributed by atoms with Gasteiger partial charge in [-0.1, -0.05) is 13.0 Å². The van der Waals surface area contributed by atoms with Crippen molar-refractivity contribution in [1.82, 2.24) is 9.97 Å². The first kappa shape index (κ1) is 22.8. The van der Waals surface area contributed by atoms with E-state index in [-0.39, 0.29) is 12.3 Å². The van der Waals surface area contributed by atoms with E-state index in [0.717, 1.165) is 48.6 Å². The number of hydrogen-bond acceptors (Lipinski definition) is 7. The van der Waals surface area contributed by atoms with Crippen LogP contribution in [0, 0.1) is 0 Å². The highest BCUT2D eigenvalue weighted by Crippen LogP contribution is 2.36. The number of carboxylic acid groups (broad SMARTS) is 1. The van der Waals surface area contributed by atoms with Crippen molar-refractivity contribution < 1.29 is 19.4 Å². The minimum atomic E-state index is -0.788. The van der Waals surface area contributed by atoms with Crippen molar-refractivity contribution in [3.8, 4) is 6.01 Å². The van der Waals surface area contributed by atoms with Gasteiger partial charge in [0.1, 0.15) is 0 Å². The molecule has 1 saturated heterocycles. The van der Waals surface area contributed by atoms with E-state index in [1.807, 2.05) is 19.9 Å². The third-order valence-corrected chi connectivity index (χ3v) is 5.58. The number of carboxylic acids is 1. The summed E-state index contributed by atoms with van der Waals surface area (Å²) in [4.78, 5) is 22.2. The van der Waals surface area contributed by atoms with Gasteiger partial charge in [0.25, 0.3) is 0 Å². The van der Waals surface area contributed by atoms with Gasteiger partial charge in [-0.3, -0.25) is 4.79 Å². The molecule has 1 fully saturated rings. The Hall–Kier alpha value is -2.87. The van der Waals surface area contributed by atoms with E-state index in [0.29, 0.717) is 25.3 Å². The predicted octanol–water partition coefficient (Wildman–Crippen LogP) is 4.20. The fourth-order valence-electron chi connectivity index (χ4n) is 4.00. The van der Waals surface area contributed by atoms with E-state index in [1.165, 1.54) is 0 Å². The highest BCUT2D eigenvalue weighted by Gasteiger charge is 2.25. The maximum atomic E-state index is 11.3. The van der Waals surface area contributed by atoms with Crippen LogP contribution in [0.3, 0.4) is 0 Å². The summed E-state index contributed by atoms with van der Waals surface area (Å²) in [5.74, 6) is -0.836. The molecule has 8 heteroatoms. The topological polar surface area (TPSA) is 96.8 Å². The molecule has 3 rings (SSSR count). The molecule has 1 aliphatic rings. The number of carbonyl (C=O) groups is 1. The van der Waals surface area contributed by atoms with E-state index in [1.54, 1.807) is 12.4 Å². The average Bonchev–Trinajstić information content (AvgIpc) is 3.29. The molecule has 8 nitrogen and oxygen atoms in total. The van der Waals surface area contributed by atoms with Crippen molar-refractivity contribution in [2.24, 2.45) is 0 Å². The third kappa shape index (κ3) is 5.85. The van der Waals surface area contributed by atoms with E-state index in [4.69, 9.17) is 9.47 Å². The predicted molar refractivity (Wildman–Crippen MR) is 120 cm³/mol. The fourth-order valence-corrected chi connectivity index (χ4v) is 4.00. The molecule has 0 spiro atoms. The molecule has 2 N–H and O–H groups in total. The molecular weight excluding hydrogens is 396 g/mol. The second kappa shape index (κ2) is 10.9. The normalized spacial score (nSPS) is 16.7. The first-order valence-electron chi connectivity index (χ1n) is 11.0. The van der Waals surface area contributed by atoms with Crippen molar-refractivity contribution >= 4 is 23.0 Å². The molecule has 1 aromatic heterocycles. The maximum absolute atomic E-state index is 11.3. The van der Waals surface area contributed by atoms with Crippen LogP contribution >= 0.6 is 0 Å². The first-order chi connectivity index (χ1) is 15.0. The number of nitrogens with one attached hydrogen (secondary N) is 1. The second-order valence-corrected chi connectivity index (χ2v) is 7.60. The van der Waals surface area contributed by atoms with Crippen LogP contribution in [0.2, 0.25) is 0 Å². The molecule has 2 heterocycles. The number of rotatable bonds is 11. The van der Waals surface area contributed by atoms with Crippen LogP contribution in [-0.2, 0) is 9.53 Å². The summed E-state index contributed by atoms with van der Waals surface area (Å²) in [6.45, 7) is 8.87. The van der Waals surface area contributed by atoms with Gasteiger partial charge in [-0.15, -0.1) is 0 Å². The van der Waals surface area contributed by atoms with Gasteiger partial charge in [0, 0.05) is 13.2 Å². The monoisotopic (exact) mass is 428 g/mol. The molecule has 1 aromatic carbocycles. The minimum Gasteiger partial charge on any atom is -0.481 e. The zero-order valence-electron chi connectivity index (χ0n) is 18.5. The number of aliphatic carboxylic acids is 1. The Kier molecular flexibility index (Phi) is 8.06. The second-order valence-electron chi connectivity index (χ2n) is 7.60. The fraction of sp³-hybridized carbons (Fsp3) is 0.522. The molecule has 0 aliphatic carbocycles. The molecule has 168 valence electrons. The molecule has 0 bridgehead atoms. The number of nitrogens with zero attached hydrogens (tertiary/aromatic N) is 3. The van der Waals surface area contributed by atoms with Crippen molar-refractivity contribution in [3.05, 3.63) is 36.2 Å². The Labute approximate surface area is 183 Å². The van der Waals surface area contributed by atoms with Gasteiger partial charge in [0.05, 0.1) is 55.1 Å². The summed E-state index contributed by atoms with van der Waals surface area (Å²) in [6, 6.07) is 6.84. The van der Waals surface area contributed by atoms with E-state index < -0.39 is 5.97 Å². The van der Waals surface area contributed by atoms with E-state index in [9.17, 15) is 9.90 Å². The highest BCUT2D eigenvalue weighted by molar-refractivity contribution is 5.77. The van der Waals surface area contributed by atoms with Crippen LogP contribution in [0.4, 0.5) is 17.1 Å². The van der Waals surface area contributed by atoms with Crippen molar-refractivity contribution in [2.45, 2.75) is 52.0 Å². The summed E-state index contributed by atoms with van der Waals surface area (Å²) in [7, 11) is 0.